The van der Waals surface area contributed by atoms with Crippen LogP contribution in [0, 0.1) is 16.0 Å². The molecule has 27 heavy (non-hydrogen) atoms. The molecule has 0 amide bonds. The van der Waals surface area contributed by atoms with E-state index in [1.165, 1.54) is 16.4 Å². The fraction of sp³-hybridized carbons (Fsp3) is 0.588. The second-order valence-corrected chi connectivity index (χ2v) is 8.49. The van der Waals surface area contributed by atoms with Gasteiger partial charge in [0.05, 0.1) is 15.7 Å². The molecule has 0 saturated heterocycles. The fourth-order valence-electron chi connectivity index (χ4n) is 3.36. The molecule has 0 spiro atoms. The van der Waals surface area contributed by atoms with Gasteiger partial charge >= 0.3 is 5.97 Å². The molecule has 0 aromatic heterocycles. The van der Waals surface area contributed by atoms with Crippen LogP contribution in [0.1, 0.15) is 39.5 Å². The maximum absolute atomic E-state index is 12.6. The summed E-state index contributed by atoms with van der Waals surface area (Å²) in [6.07, 6.45) is 2.20. The zero-order valence-corrected chi connectivity index (χ0v) is 16.2. The molecule has 2 rings (SSSR count). The third-order valence-electron chi connectivity index (χ3n) is 4.95. The standard InChI is InChI=1S/C17H25N3O6S/c1-3-19(4-2)27(25,26)14-9-10-15(16(11-14)20(23)24)18-13-7-5-12(6-8-13)17(21)22/h9-13,18H,3-8H2,1-2H3,(H,21,22). The molecule has 1 aromatic carbocycles. The van der Waals surface area contributed by atoms with E-state index in [2.05, 4.69) is 5.32 Å². The first-order chi connectivity index (χ1) is 12.7. The molecule has 1 aliphatic carbocycles. The molecule has 2 N–H and O–H groups in total. The fourth-order valence-corrected chi connectivity index (χ4v) is 4.84. The maximum Gasteiger partial charge on any atom is 0.306 e. The van der Waals surface area contributed by atoms with Crippen molar-refractivity contribution in [1.29, 1.82) is 0 Å². The molecule has 0 radical (unpaired) electrons. The van der Waals surface area contributed by atoms with Crippen molar-refractivity contribution < 1.29 is 23.2 Å². The zero-order valence-electron chi connectivity index (χ0n) is 15.4. The van der Waals surface area contributed by atoms with Crippen molar-refractivity contribution in [2.75, 3.05) is 18.4 Å². The summed E-state index contributed by atoms with van der Waals surface area (Å²) < 4.78 is 26.4. The lowest BCUT2D eigenvalue weighted by molar-refractivity contribution is -0.384. The van der Waals surface area contributed by atoms with Crippen molar-refractivity contribution in [3.63, 3.8) is 0 Å². The lowest BCUT2D eigenvalue weighted by atomic mass is 9.86. The number of nitrogens with zero attached hydrogens (tertiary/aromatic N) is 2. The van der Waals surface area contributed by atoms with Gasteiger partial charge in [0, 0.05) is 25.2 Å². The van der Waals surface area contributed by atoms with Crippen LogP contribution in [-0.2, 0) is 14.8 Å². The molecule has 1 aliphatic rings. The summed E-state index contributed by atoms with van der Waals surface area (Å²) in [5.41, 5.74) is -0.0548. The molecule has 1 aromatic rings. The van der Waals surface area contributed by atoms with E-state index in [9.17, 15) is 23.3 Å². The molecule has 0 unspecified atom stereocenters. The van der Waals surface area contributed by atoms with E-state index in [4.69, 9.17) is 5.11 Å². The van der Waals surface area contributed by atoms with E-state index in [0.29, 0.717) is 25.7 Å². The summed E-state index contributed by atoms with van der Waals surface area (Å²) in [4.78, 5) is 21.8. The second kappa shape index (κ2) is 8.66. The second-order valence-electron chi connectivity index (χ2n) is 6.56. The monoisotopic (exact) mass is 399 g/mol. The van der Waals surface area contributed by atoms with Crippen LogP contribution in [0.2, 0.25) is 0 Å². The highest BCUT2D eigenvalue weighted by molar-refractivity contribution is 7.89. The average Bonchev–Trinajstić information content (AvgIpc) is 2.63. The number of anilines is 1. The Morgan fingerprint density at radius 1 is 1.26 bits per heavy atom. The van der Waals surface area contributed by atoms with Crippen molar-refractivity contribution in [2.24, 2.45) is 5.92 Å². The highest BCUT2D eigenvalue weighted by atomic mass is 32.2. The van der Waals surface area contributed by atoms with E-state index < -0.39 is 20.9 Å². The van der Waals surface area contributed by atoms with Crippen molar-refractivity contribution >= 4 is 27.4 Å². The van der Waals surface area contributed by atoms with E-state index in [1.807, 2.05) is 0 Å². The summed E-state index contributed by atoms with van der Waals surface area (Å²) in [7, 11) is -3.79. The van der Waals surface area contributed by atoms with Gasteiger partial charge in [-0.25, -0.2) is 8.42 Å². The number of hydrogen-bond acceptors (Lipinski definition) is 6. The van der Waals surface area contributed by atoms with Crippen LogP contribution in [0.3, 0.4) is 0 Å². The van der Waals surface area contributed by atoms with Gasteiger partial charge in [-0.3, -0.25) is 14.9 Å². The van der Waals surface area contributed by atoms with Gasteiger partial charge in [0.15, 0.2) is 0 Å². The summed E-state index contributed by atoms with van der Waals surface area (Å²) in [5.74, 6) is -1.19. The normalized spacial score (nSPS) is 20.4. The molecule has 150 valence electrons. The number of aliphatic carboxylic acids is 1. The van der Waals surface area contributed by atoms with Gasteiger partial charge in [-0.15, -0.1) is 0 Å². The minimum Gasteiger partial charge on any atom is -0.481 e. The number of hydrogen-bond donors (Lipinski definition) is 2. The number of carbonyl (C=O) groups is 1. The van der Waals surface area contributed by atoms with Gasteiger partial charge in [0.2, 0.25) is 10.0 Å². The highest BCUT2D eigenvalue weighted by Gasteiger charge is 2.29. The summed E-state index contributed by atoms with van der Waals surface area (Å²) in [6.45, 7) is 3.97. The molecule has 0 bridgehead atoms. The van der Waals surface area contributed by atoms with Gasteiger partial charge in [-0.2, -0.15) is 4.31 Å². The van der Waals surface area contributed by atoms with E-state index in [1.54, 1.807) is 13.8 Å². The summed E-state index contributed by atoms with van der Waals surface area (Å²) in [5, 5.41) is 23.6. The van der Waals surface area contributed by atoms with Gasteiger partial charge in [0.25, 0.3) is 5.69 Å². The number of nitro benzene ring substituents is 1. The maximum atomic E-state index is 12.6. The summed E-state index contributed by atoms with van der Waals surface area (Å²) >= 11 is 0. The number of benzene rings is 1. The lowest BCUT2D eigenvalue weighted by Gasteiger charge is -2.27. The van der Waals surface area contributed by atoms with E-state index >= 15 is 0 Å². The lowest BCUT2D eigenvalue weighted by Crippen LogP contribution is -2.31. The molecule has 0 heterocycles. The van der Waals surface area contributed by atoms with Crippen LogP contribution in [0.25, 0.3) is 0 Å². The number of sulfonamides is 1. The first-order valence-corrected chi connectivity index (χ1v) is 10.4. The van der Waals surface area contributed by atoms with Crippen LogP contribution in [-0.4, -0.2) is 47.9 Å². The van der Waals surface area contributed by atoms with E-state index in [0.717, 1.165) is 6.07 Å². The van der Waals surface area contributed by atoms with Crippen molar-refractivity contribution in [1.82, 2.24) is 4.31 Å². The summed E-state index contributed by atoms with van der Waals surface area (Å²) in [6, 6.07) is 3.78. The van der Waals surface area contributed by atoms with Crippen molar-refractivity contribution in [3.05, 3.63) is 28.3 Å². The Kier molecular flexibility index (Phi) is 6.77. The molecular formula is C17H25N3O6S. The zero-order chi connectivity index (χ0) is 20.2. The van der Waals surface area contributed by atoms with E-state index in [-0.39, 0.29) is 41.3 Å². The van der Waals surface area contributed by atoms with Crippen LogP contribution in [0.4, 0.5) is 11.4 Å². The molecule has 10 heteroatoms. The predicted molar refractivity (Wildman–Crippen MR) is 100 cm³/mol. The van der Waals surface area contributed by atoms with Crippen molar-refractivity contribution in [2.45, 2.75) is 50.5 Å². The molecule has 0 atom stereocenters. The Labute approximate surface area is 158 Å². The number of carboxylic acids is 1. The Balaban J connectivity index is 2.24. The third kappa shape index (κ3) is 4.75. The SMILES string of the molecule is CCN(CC)S(=O)(=O)c1ccc(NC2CCC(C(=O)O)CC2)c([N+](=O)[O-])c1. The Morgan fingerprint density at radius 3 is 2.33 bits per heavy atom. The van der Waals surface area contributed by atoms with Gasteiger partial charge in [-0.1, -0.05) is 13.8 Å². The molecule has 9 nitrogen and oxygen atoms in total. The number of nitro groups is 1. The first-order valence-electron chi connectivity index (χ1n) is 8.98. The highest BCUT2D eigenvalue weighted by Crippen LogP contribution is 2.32. The molecular weight excluding hydrogens is 374 g/mol. The van der Waals surface area contributed by atoms with Gasteiger partial charge in [-0.05, 0) is 37.8 Å². The number of carboxylic acid groups (broad SMARTS) is 1. The topological polar surface area (TPSA) is 130 Å². The third-order valence-corrected chi connectivity index (χ3v) is 6.99. The quantitative estimate of drug-likeness (QED) is 0.507. The number of rotatable bonds is 8. The van der Waals surface area contributed by atoms with Gasteiger partial charge in [0.1, 0.15) is 5.69 Å². The Bertz CT molecular complexity index is 799. The van der Waals surface area contributed by atoms with Crippen LogP contribution in [0.5, 0.6) is 0 Å². The van der Waals surface area contributed by atoms with Gasteiger partial charge < -0.3 is 10.4 Å². The molecule has 1 saturated carbocycles. The van der Waals surface area contributed by atoms with Crippen LogP contribution in [0.15, 0.2) is 23.1 Å². The number of nitrogens with one attached hydrogen (secondary N) is 1. The minimum atomic E-state index is -3.79. The smallest absolute Gasteiger partial charge is 0.306 e. The average molecular weight is 399 g/mol. The Hall–Kier alpha value is -2.20. The molecule has 0 aliphatic heterocycles. The predicted octanol–water partition coefficient (Wildman–Crippen LogP) is 2.68. The van der Waals surface area contributed by atoms with Crippen molar-refractivity contribution in [3.8, 4) is 0 Å². The molecule has 1 fully saturated rings. The first kappa shape index (κ1) is 21.1. The Morgan fingerprint density at radius 2 is 1.85 bits per heavy atom. The largest absolute Gasteiger partial charge is 0.481 e. The minimum absolute atomic E-state index is 0.0791. The van der Waals surface area contributed by atoms with Crippen LogP contribution < -0.4 is 5.32 Å². The van der Waals surface area contributed by atoms with Crippen LogP contribution >= 0.6 is 0 Å².